The van der Waals surface area contributed by atoms with Gasteiger partial charge in [0.05, 0.1) is 5.56 Å². The predicted molar refractivity (Wildman–Crippen MR) is 81.0 cm³/mol. The molecule has 2 rings (SSSR count). The number of carbonyl (C=O) groups is 2. The smallest absolute Gasteiger partial charge is 0.340 e. The molecular weight excluding hydrogens is 268 g/mol. The molecule has 0 aliphatic heterocycles. The fourth-order valence-electron chi connectivity index (χ4n) is 1.91. The van der Waals surface area contributed by atoms with Gasteiger partial charge in [0.1, 0.15) is 0 Å². The van der Waals surface area contributed by atoms with Gasteiger partial charge in [-0.05, 0) is 18.9 Å². The Hall–Kier alpha value is -2.30. The number of nitrogens with one attached hydrogen (secondary N) is 2. The Balaban J connectivity index is 1.95. The van der Waals surface area contributed by atoms with Crippen LogP contribution in [0.3, 0.4) is 0 Å². The number of para-hydroxylation sites is 1. The van der Waals surface area contributed by atoms with Gasteiger partial charge in [-0.25, -0.2) is 4.79 Å². The summed E-state index contributed by atoms with van der Waals surface area (Å²) in [5.74, 6) is -0.456. The molecule has 0 bridgehead atoms. The molecular formula is C16H20N2O3. The summed E-state index contributed by atoms with van der Waals surface area (Å²) < 4.78 is 5.07. The molecule has 5 nitrogen and oxygen atoms in total. The lowest BCUT2D eigenvalue weighted by atomic mass is 10.1. The van der Waals surface area contributed by atoms with E-state index >= 15 is 0 Å². The Morgan fingerprint density at radius 2 is 1.95 bits per heavy atom. The number of amides is 1. The van der Waals surface area contributed by atoms with Crippen LogP contribution in [0.15, 0.2) is 30.5 Å². The number of hydrogen-bond acceptors (Lipinski definition) is 3. The van der Waals surface area contributed by atoms with Crippen molar-refractivity contribution in [3.05, 3.63) is 36.0 Å². The summed E-state index contributed by atoms with van der Waals surface area (Å²) in [6.07, 6.45) is 1.60. The molecule has 1 amide bonds. The molecule has 0 aliphatic carbocycles. The quantitative estimate of drug-likeness (QED) is 0.830. The third-order valence-corrected chi connectivity index (χ3v) is 3.53. The van der Waals surface area contributed by atoms with Gasteiger partial charge in [0, 0.05) is 23.1 Å². The van der Waals surface area contributed by atoms with Gasteiger partial charge in [0.2, 0.25) is 0 Å². The normalized spacial score (nSPS) is 12.4. The molecule has 0 aliphatic rings. The highest BCUT2D eigenvalue weighted by atomic mass is 16.5. The molecule has 5 heteroatoms. The minimum atomic E-state index is -0.500. The molecule has 21 heavy (non-hydrogen) atoms. The van der Waals surface area contributed by atoms with Crippen LogP contribution in [0.1, 0.15) is 31.1 Å². The molecule has 1 atom stereocenters. The van der Waals surface area contributed by atoms with Crippen LogP contribution in [0.2, 0.25) is 0 Å². The summed E-state index contributed by atoms with van der Waals surface area (Å²) in [6.45, 7) is 5.69. The molecule has 1 aromatic carbocycles. The number of esters is 1. The average molecular weight is 288 g/mol. The lowest BCUT2D eigenvalue weighted by Crippen LogP contribution is -2.38. The van der Waals surface area contributed by atoms with Gasteiger partial charge in [0.25, 0.3) is 5.91 Å². The maximum Gasteiger partial charge on any atom is 0.340 e. The van der Waals surface area contributed by atoms with E-state index in [0.29, 0.717) is 11.5 Å². The first-order chi connectivity index (χ1) is 9.99. The Morgan fingerprint density at radius 3 is 2.67 bits per heavy atom. The Labute approximate surface area is 123 Å². The highest BCUT2D eigenvalue weighted by Crippen LogP contribution is 2.18. The van der Waals surface area contributed by atoms with Crippen LogP contribution in [-0.2, 0) is 9.53 Å². The number of fused-ring (bicyclic) bond motifs is 1. The molecule has 0 saturated carbocycles. The van der Waals surface area contributed by atoms with Crippen molar-refractivity contribution in [3.8, 4) is 0 Å². The lowest BCUT2D eigenvalue weighted by Gasteiger charge is -2.17. The van der Waals surface area contributed by atoms with Gasteiger partial charge in [-0.15, -0.1) is 0 Å². The van der Waals surface area contributed by atoms with E-state index in [4.69, 9.17) is 4.74 Å². The molecule has 0 saturated heterocycles. The van der Waals surface area contributed by atoms with Gasteiger partial charge >= 0.3 is 5.97 Å². The summed E-state index contributed by atoms with van der Waals surface area (Å²) in [5.41, 5.74) is 1.30. The van der Waals surface area contributed by atoms with Crippen molar-refractivity contribution >= 4 is 22.8 Å². The van der Waals surface area contributed by atoms with Gasteiger partial charge in [0.15, 0.2) is 6.61 Å². The van der Waals surface area contributed by atoms with Gasteiger partial charge in [-0.3, -0.25) is 4.79 Å². The van der Waals surface area contributed by atoms with E-state index in [9.17, 15) is 9.59 Å². The Morgan fingerprint density at radius 1 is 1.24 bits per heavy atom. The molecule has 0 unspecified atom stereocenters. The highest BCUT2D eigenvalue weighted by molar-refractivity contribution is 6.04. The van der Waals surface area contributed by atoms with Crippen LogP contribution in [0.25, 0.3) is 10.9 Å². The maximum atomic E-state index is 12.0. The van der Waals surface area contributed by atoms with Crippen molar-refractivity contribution in [2.24, 2.45) is 5.92 Å². The zero-order chi connectivity index (χ0) is 15.4. The van der Waals surface area contributed by atoms with Crippen molar-refractivity contribution in [2.45, 2.75) is 26.8 Å². The first kappa shape index (κ1) is 15.1. The number of aromatic nitrogens is 1. The standard InChI is InChI=1S/C16H20N2O3/c1-10(2)11(3)18-15(19)9-21-16(20)13-8-17-14-7-5-4-6-12(13)14/h4-8,10-11,17H,9H2,1-3H3,(H,18,19)/t11-/m0/s1. The Bertz CT molecular complexity index is 646. The molecule has 2 N–H and O–H groups in total. The average Bonchev–Trinajstić information content (AvgIpc) is 2.88. The Kier molecular flexibility index (Phi) is 4.62. The number of aromatic amines is 1. The molecule has 112 valence electrons. The molecule has 1 aromatic heterocycles. The number of H-pyrrole nitrogens is 1. The van der Waals surface area contributed by atoms with Crippen LogP contribution >= 0.6 is 0 Å². The second-order valence-corrected chi connectivity index (χ2v) is 5.42. The number of benzene rings is 1. The molecule has 0 radical (unpaired) electrons. The van der Waals surface area contributed by atoms with E-state index in [2.05, 4.69) is 10.3 Å². The minimum Gasteiger partial charge on any atom is -0.452 e. The number of ether oxygens (including phenoxy) is 1. The third kappa shape index (κ3) is 3.62. The summed E-state index contributed by atoms with van der Waals surface area (Å²) in [7, 11) is 0. The minimum absolute atomic E-state index is 0.0456. The summed E-state index contributed by atoms with van der Waals surface area (Å²) in [5, 5.41) is 3.58. The molecule has 1 heterocycles. The second kappa shape index (κ2) is 6.43. The van der Waals surface area contributed by atoms with Gasteiger partial charge in [-0.2, -0.15) is 0 Å². The van der Waals surface area contributed by atoms with E-state index in [1.165, 1.54) is 0 Å². The van der Waals surface area contributed by atoms with E-state index in [-0.39, 0.29) is 18.6 Å². The van der Waals surface area contributed by atoms with E-state index in [1.54, 1.807) is 6.20 Å². The van der Waals surface area contributed by atoms with Crippen molar-refractivity contribution in [2.75, 3.05) is 6.61 Å². The zero-order valence-corrected chi connectivity index (χ0v) is 12.5. The number of hydrogen-bond donors (Lipinski definition) is 2. The van der Waals surface area contributed by atoms with Crippen LogP contribution in [0.4, 0.5) is 0 Å². The monoisotopic (exact) mass is 288 g/mol. The van der Waals surface area contributed by atoms with Crippen LogP contribution < -0.4 is 5.32 Å². The molecule has 0 spiro atoms. The summed E-state index contributed by atoms with van der Waals surface area (Å²) in [4.78, 5) is 26.7. The third-order valence-electron chi connectivity index (χ3n) is 3.53. The first-order valence-electron chi connectivity index (χ1n) is 7.01. The van der Waals surface area contributed by atoms with Crippen molar-refractivity contribution < 1.29 is 14.3 Å². The highest BCUT2D eigenvalue weighted by Gasteiger charge is 2.16. The van der Waals surface area contributed by atoms with Crippen LogP contribution in [0.5, 0.6) is 0 Å². The van der Waals surface area contributed by atoms with Crippen LogP contribution in [-0.4, -0.2) is 29.5 Å². The number of carbonyl (C=O) groups excluding carboxylic acids is 2. The zero-order valence-electron chi connectivity index (χ0n) is 12.5. The van der Waals surface area contributed by atoms with Crippen molar-refractivity contribution in [1.82, 2.24) is 10.3 Å². The topological polar surface area (TPSA) is 71.2 Å². The predicted octanol–water partition coefficient (Wildman–Crippen LogP) is 2.49. The van der Waals surface area contributed by atoms with Gasteiger partial charge < -0.3 is 15.0 Å². The largest absolute Gasteiger partial charge is 0.452 e. The fraction of sp³-hybridized carbons (Fsp3) is 0.375. The van der Waals surface area contributed by atoms with Gasteiger partial charge in [-0.1, -0.05) is 32.0 Å². The maximum absolute atomic E-state index is 12.0. The van der Waals surface area contributed by atoms with E-state index in [1.807, 2.05) is 45.0 Å². The lowest BCUT2D eigenvalue weighted by molar-refractivity contribution is -0.125. The van der Waals surface area contributed by atoms with E-state index < -0.39 is 5.97 Å². The second-order valence-electron chi connectivity index (χ2n) is 5.42. The van der Waals surface area contributed by atoms with E-state index in [0.717, 1.165) is 10.9 Å². The van der Waals surface area contributed by atoms with Crippen molar-refractivity contribution in [3.63, 3.8) is 0 Å². The number of rotatable bonds is 5. The molecule has 0 fully saturated rings. The fourth-order valence-corrected chi connectivity index (χ4v) is 1.91. The summed E-state index contributed by atoms with van der Waals surface area (Å²) >= 11 is 0. The van der Waals surface area contributed by atoms with Crippen LogP contribution in [0, 0.1) is 5.92 Å². The molecule has 2 aromatic rings. The SMILES string of the molecule is CC(C)[C@H](C)NC(=O)COC(=O)c1c[nH]c2ccccc12. The first-order valence-corrected chi connectivity index (χ1v) is 7.01. The van der Waals surface area contributed by atoms with Crippen molar-refractivity contribution in [1.29, 1.82) is 0 Å². The summed E-state index contributed by atoms with van der Waals surface area (Å²) in [6, 6.07) is 7.50.